The highest BCUT2D eigenvalue weighted by atomic mass is 32.2. The predicted molar refractivity (Wildman–Crippen MR) is 131 cm³/mol. The molecule has 0 aliphatic carbocycles. The maximum atomic E-state index is 13.2. The number of aromatic nitrogens is 2. The SMILES string of the molecule is Nc1cc(=O)[nH]c(SCC(=O)N2N=C(c3ccc4ccccc4c3)C[C@H]2c2ccccc2)n1. The Hall–Kier alpha value is -3.91. The first-order valence-corrected chi connectivity index (χ1v) is 11.5. The fraction of sp³-hybridized carbons (Fsp3) is 0.120. The van der Waals surface area contributed by atoms with Gasteiger partial charge in [0.1, 0.15) is 5.82 Å². The van der Waals surface area contributed by atoms with E-state index in [2.05, 4.69) is 34.2 Å². The Morgan fingerprint density at radius 3 is 2.58 bits per heavy atom. The smallest absolute Gasteiger partial charge is 0.253 e. The number of fused-ring (bicyclic) bond motifs is 1. The maximum absolute atomic E-state index is 13.2. The minimum atomic E-state index is -0.350. The molecule has 0 unspecified atom stereocenters. The minimum Gasteiger partial charge on any atom is -0.383 e. The zero-order chi connectivity index (χ0) is 22.8. The van der Waals surface area contributed by atoms with E-state index in [9.17, 15) is 9.59 Å². The second kappa shape index (κ2) is 8.91. The van der Waals surface area contributed by atoms with Crippen molar-refractivity contribution >= 4 is 40.0 Å². The van der Waals surface area contributed by atoms with Crippen LogP contribution in [0.4, 0.5) is 5.82 Å². The summed E-state index contributed by atoms with van der Waals surface area (Å²) in [5.41, 5.74) is 8.18. The van der Waals surface area contributed by atoms with E-state index in [0.29, 0.717) is 11.6 Å². The van der Waals surface area contributed by atoms with Gasteiger partial charge in [-0.05, 0) is 28.0 Å². The van der Waals surface area contributed by atoms with Gasteiger partial charge in [0.2, 0.25) is 0 Å². The van der Waals surface area contributed by atoms with Crippen molar-refractivity contribution in [2.24, 2.45) is 5.10 Å². The standard InChI is InChI=1S/C25H21N5O2S/c26-22-14-23(31)28-25(27-22)33-15-24(32)30-21(17-7-2-1-3-8-17)13-20(29-30)19-11-10-16-6-4-5-9-18(16)12-19/h1-12,14,21H,13,15H2,(H3,26,27,28,31)/t21-/m0/s1. The number of nitrogens with one attached hydrogen (secondary N) is 1. The number of carbonyl (C=O) groups excluding carboxylic acids is 1. The van der Waals surface area contributed by atoms with E-state index >= 15 is 0 Å². The van der Waals surface area contributed by atoms with E-state index in [1.807, 2.05) is 48.5 Å². The molecular weight excluding hydrogens is 434 g/mol. The predicted octanol–water partition coefficient (Wildman–Crippen LogP) is 3.98. The molecule has 1 aliphatic rings. The van der Waals surface area contributed by atoms with Gasteiger partial charge in [-0.25, -0.2) is 9.99 Å². The molecular formula is C25H21N5O2S. The van der Waals surface area contributed by atoms with Gasteiger partial charge in [0, 0.05) is 12.5 Å². The Balaban J connectivity index is 1.43. The fourth-order valence-electron chi connectivity index (χ4n) is 3.94. The monoisotopic (exact) mass is 455 g/mol. The molecule has 5 rings (SSSR count). The van der Waals surface area contributed by atoms with Crippen molar-refractivity contribution in [3.63, 3.8) is 0 Å². The second-order valence-corrected chi connectivity index (χ2v) is 8.71. The molecule has 1 aromatic heterocycles. The molecule has 0 fully saturated rings. The molecule has 33 heavy (non-hydrogen) atoms. The first-order chi connectivity index (χ1) is 16.1. The van der Waals surface area contributed by atoms with Gasteiger partial charge in [0.25, 0.3) is 11.5 Å². The second-order valence-electron chi connectivity index (χ2n) is 7.74. The van der Waals surface area contributed by atoms with Crippen LogP contribution in [0.25, 0.3) is 10.8 Å². The summed E-state index contributed by atoms with van der Waals surface area (Å²) in [5.74, 6) is 0.0212. The number of hydrogen-bond acceptors (Lipinski definition) is 6. The molecule has 0 radical (unpaired) electrons. The number of nitrogen functional groups attached to an aromatic ring is 1. The largest absolute Gasteiger partial charge is 0.383 e. The van der Waals surface area contributed by atoms with Crippen LogP contribution < -0.4 is 11.3 Å². The number of aromatic amines is 1. The molecule has 2 heterocycles. The third kappa shape index (κ3) is 4.51. The number of hydrazone groups is 1. The molecule has 7 nitrogen and oxygen atoms in total. The molecule has 164 valence electrons. The highest BCUT2D eigenvalue weighted by Crippen LogP contribution is 2.34. The average Bonchev–Trinajstić information content (AvgIpc) is 3.28. The van der Waals surface area contributed by atoms with Crippen molar-refractivity contribution in [3.8, 4) is 0 Å². The number of rotatable bonds is 5. The number of benzene rings is 3. The molecule has 3 N–H and O–H groups in total. The average molecular weight is 456 g/mol. The highest BCUT2D eigenvalue weighted by molar-refractivity contribution is 7.99. The molecule has 0 spiro atoms. The lowest BCUT2D eigenvalue weighted by Gasteiger charge is -2.21. The number of hydrogen-bond donors (Lipinski definition) is 2. The van der Waals surface area contributed by atoms with Crippen molar-refractivity contribution in [2.45, 2.75) is 17.6 Å². The summed E-state index contributed by atoms with van der Waals surface area (Å²) < 4.78 is 0. The van der Waals surface area contributed by atoms with Gasteiger partial charge < -0.3 is 10.7 Å². The summed E-state index contributed by atoms with van der Waals surface area (Å²) in [6.07, 6.45) is 0.617. The van der Waals surface area contributed by atoms with Crippen LogP contribution >= 0.6 is 11.8 Å². The normalized spacial score (nSPS) is 15.6. The number of thioether (sulfide) groups is 1. The van der Waals surface area contributed by atoms with E-state index in [0.717, 1.165) is 39.4 Å². The molecule has 4 aromatic rings. The van der Waals surface area contributed by atoms with Gasteiger partial charge in [-0.1, -0.05) is 78.5 Å². The van der Waals surface area contributed by atoms with E-state index in [-0.39, 0.29) is 29.1 Å². The Bertz CT molecular complexity index is 1420. The summed E-state index contributed by atoms with van der Waals surface area (Å²) in [7, 11) is 0. The summed E-state index contributed by atoms with van der Waals surface area (Å²) in [5, 5.41) is 8.89. The summed E-state index contributed by atoms with van der Waals surface area (Å²) >= 11 is 1.13. The molecule has 3 aromatic carbocycles. The molecule has 0 bridgehead atoms. The fourth-order valence-corrected chi connectivity index (χ4v) is 4.67. The van der Waals surface area contributed by atoms with Crippen molar-refractivity contribution < 1.29 is 4.79 Å². The van der Waals surface area contributed by atoms with Crippen LogP contribution in [-0.2, 0) is 4.79 Å². The van der Waals surface area contributed by atoms with Gasteiger partial charge in [0.15, 0.2) is 5.16 Å². The van der Waals surface area contributed by atoms with Crippen molar-refractivity contribution in [3.05, 3.63) is 100 Å². The Labute approximate surface area is 194 Å². The zero-order valence-corrected chi connectivity index (χ0v) is 18.5. The van der Waals surface area contributed by atoms with E-state index < -0.39 is 0 Å². The minimum absolute atomic E-state index is 0.0736. The molecule has 1 atom stereocenters. The van der Waals surface area contributed by atoms with Crippen LogP contribution in [0.2, 0.25) is 0 Å². The Kier molecular flexibility index (Phi) is 5.66. The highest BCUT2D eigenvalue weighted by Gasteiger charge is 2.33. The van der Waals surface area contributed by atoms with Gasteiger partial charge >= 0.3 is 0 Å². The van der Waals surface area contributed by atoms with Crippen LogP contribution in [0, 0.1) is 0 Å². The van der Waals surface area contributed by atoms with Crippen molar-refractivity contribution in [1.82, 2.24) is 15.0 Å². The number of anilines is 1. The number of nitrogens with zero attached hydrogens (tertiary/aromatic N) is 3. The van der Waals surface area contributed by atoms with Crippen molar-refractivity contribution in [1.29, 1.82) is 0 Å². The summed E-state index contributed by atoms with van der Waals surface area (Å²) in [6.45, 7) is 0. The van der Waals surface area contributed by atoms with E-state index in [1.54, 1.807) is 5.01 Å². The Morgan fingerprint density at radius 2 is 1.79 bits per heavy atom. The van der Waals surface area contributed by atoms with Gasteiger partial charge in [0.05, 0.1) is 17.5 Å². The van der Waals surface area contributed by atoms with Crippen LogP contribution in [0.3, 0.4) is 0 Å². The molecule has 0 saturated heterocycles. The molecule has 0 saturated carbocycles. The van der Waals surface area contributed by atoms with Gasteiger partial charge in [-0.2, -0.15) is 5.10 Å². The first kappa shape index (κ1) is 21.0. The van der Waals surface area contributed by atoms with Gasteiger partial charge in [-0.3, -0.25) is 9.59 Å². The van der Waals surface area contributed by atoms with E-state index in [1.165, 1.54) is 6.07 Å². The third-order valence-corrected chi connectivity index (χ3v) is 6.36. The topological polar surface area (TPSA) is 104 Å². The van der Waals surface area contributed by atoms with E-state index in [4.69, 9.17) is 10.8 Å². The summed E-state index contributed by atoms with van der Waals surface area (Å²) in [4.78, 5) is 31.5. The van der Waals surface area contributed by atoms with Crippen LogP contribution in [0.15, 0.2) is 93.9 Å². The van der Waals surface area contributed by atoms with Crippen LogP contribution in [0.1, 0.15) is 23.6 Å². The quantitative estimate of drug-likeness (QED) is 0.350. The number of amides is 1. The first-order valence-electron chi connectivity index (χ1n) is 10.5. The maximum Gasteiger partial charge on any atom is 0.253 e. The number of nitrogens with two attached hydrogens (primary N) is 1. The number of H-pyrrole nitrogens is 1. The molecule has 1 amide bonds. The lowest BCUT2D eigenvalue weighted by atomic mass is 9.97. The van der Waals surface area contributed by atoms with Gasteiger partial charge in [-0.15, -0.1) is 0 Å². The van der Waals surface area contributed by atoms with Crippen LogP contribution in [-0.4, -0.2) is 32.3 Å². The summed E-state index contributed by atoms with van der Waals surface area (Å²) in [6, 6.07) is 25.3. The van der Waals surface area contributed by atoms with Crippen molar-refractivity contribution in [2.75, 3.05) is 11.5 Å². The zero-order valence-electron chi connectivity index (χ0n) is 17.6. The van der Waals surface area contributed by atoms with Crippen LogP contribution in [0.5, 0.6) is 0 Å². The molecule has 1 aliphatic heterocycles. The number of carbonyl (C=O) groups is 1. The lowest BCUT2D eigenvalue weighted by molar-refractivity contribution is -0.130. The lowest BCUT2D eigenvalue weighted by Crippen LogP contribution is -2.28. The Morgan fingerprint density at radius 1 is 1.03 bits per heavy atom. The molecule has 8 heteroatoms. The third-order valence-electron chi connectivity index (χ3n) is 5.51.